The maximum atomic E-state index is 11.6. The molecule has 15 heavy (non-hydrogen) atoms. The van der Waals surface area contributed by atoms with Crippen LogP contribution in [-0.4, -0.2) is 41.1 Å². The fourth-order valence-corrected chi connectivity index (χ4v) is 2.04. The quantitative estimate of drug-likeness (QED) is 0.734. The Labute approximate surface area is 89.4 Å². The lowest BCUT2D eigenvalue weighted by Gasteiger charge is -2.27. The van der Waals surface area contributed by atoms with Crippen LogP contribution in [0.5, 0.6) is 0 Å². The molecule has 0 unspecified atom stereocenters. The number of rotatable bonds is 4. The minimum Gasteiger partial charge on any atom is -0.480 e. The molecule has 5 heteroatoms. The molecule has 2 amide bonds. The van der Waals surface area contributed by atoms with E-state index in [2.05, 4.69) is 5.32 Å². The van der Waals surface area contributed by atoms with Crippen molar-refractivity contribution >= 4 is 12.0 Å². The van der Waals surface area contributed by atoms with E-state index in [0.717, 1.165) is 25.7 Å². The molecule has 0 atom stereocenters. The van der Waals surface area contributed by atoms with Crippen LogP contribution in [0, 0.1) is 0 Å². The summed E-state index contributed by atoms with van der Waals surface area (Å²) in [6, 6.07) is 0.0376. The van der Waals surface area contributed by atoms with Crippen LogP contribution in [0.25, 0.3) is 0 Å². The summed E-state index contributed by atoms with van der Waals surface area (Å²) in [4.78, 5) is 23.7. The van der Waals surface area contributed by atoms with Gasteiger partial charge in [0.2, 0.25) is 0 Å². The molecule has 0 heterocycles. The summed E-state index contributed by atoms with van der Waals surface area (Å²) in [5.74, 6) is -1.01. The van der Waals surface area contributed by atoms with Gasteiger partial charge in [-0.25, -0.2) is 4.79 Å². The Hall–Kier alpha value is -1.26. The number of carbonyl (C=O) groups is 2. The third kappa shape index (κ3) is 3.42. The fraction of sp³-hybridized carbons (Fsp3) is 0.800. The van der Waals surface area contributed by atoms with Gasteiger partial charge in [0.25, 0.3) is 0 Å². The monoisotopic (exact) mass is 214 g/mol. The van der Waals surface area contributed by atoms with Crippen LogP contribution in [0.4, 0.5) is 4.79 Å². The number of amides is 2. The molecule has 86 valence electrons. The molecule has 2 N–H and O–H groups in total. The number of hydrogen-bond donors (Lipinski definition) is 2. The first-order valence-electron chi connectivity index (χ1n) is 5.41. The molecular weight excluding hydrogens is 196 g/mol. The van der Waals surface area contributed by atoms with E-state index in [0.29, 0.717) is 12.6 Å². The highest BCUT2D eigenvalue weighted by atomic mass is 16.4. The predicted octanol–water partition coefficient (Wildman–Crippen LogP) is 1.05. The van der Waals surface area contributed by atoms with Crippen molar-refractivity contribution < 1.29 is 14.7 Å². The molecule has 1 aliphatic carbocycles. The zero-order valence-electron chi connectivity index (χ0n) is 9.03. The molecule has 0 aromatic rings. The molecule has 0 saturated heterocycles. The van der Waals surface area contributed by atoms with E-state index in [1.807, 2.05) is 6.92 Å². The number of urea groups is 1. The average molecular weight is 214 g/mol. The van der Waals surface area contributed by atoms with Gasteiger partial charge in [0.1, 0.15) is 6.54 Å². The van der Waals surface area contributed by atoms with Gasteiger partial charge < -0.3 is 15.3 Å². The topological polar surface area (TPSA) is 69.6 Å². The van der Waals surface area contributed by atoms with Crippen LogP contribution >= 0.6 is 0 Å². The smallest absolute Gasteiger partial charge is 0.323 e. The van der Waals surface area contributed by atoms with Crippen molar-refractivity contribution in [3.05, 3.63) is 0 Å². The van der Waals surface area contributed by atoms with E-state index in [-0.39, 0.29) is 12.6 Å². The first-order valence-corrected chi connectivity index (χ1v) is 5.41. The third-order valence-electron chi connectivity index (χ3n) is 2.76. The second-order valence-electron chi connectivity index (χ2n) is 3.78. The minimum atomic E-state index is -1.01. The van der Waals surface area contributed by atoms with Crippen molar-refractivity contribution in [3.63, 3.8) is 0 Å². The standard InChI is InChI=1S/C10H18N2O3/c1-2-12(8-5-3-4-6-8)10(15)11-7-9(13)14/h8H,2-7H2,1H3,(H,11,15)(H,13,14). The SMILES string of the molecule is CCN(C(=O)NCC(=O)O)C1CCCC1. The van der Waals surface area contributed by atoms with Gasteiger partial charge in [0.05, 0.1) is 0 Å². The zero-order chi connectivity index (χ0) is 11.3. The molecule has 1 fully saturated rings. The highest BCUT2D eigenvalue weighted by Crippen LogP contribution is 2.23. The summed E-state index contributed by atoms with van der Waals surface area (Å²) in [7, 11) is 0. The first-order chi connectivity index (χ1) is 7.15. The van der Waals surface area contributed by atoms with E-state index in [4.69, 9.17) is 5.11 Å². The van der Waals surface area contributed by atoms with E-state index in [1.54, 1.807) is 4.90 Å². The van der Waals surface area contributed by atoms with E-state index < -0.39 is 5.97 Å². The van der Waals surface area contributed by atoms with Gasteiger partial charge in [-0.1, -0.05) is 12.8 Å². The molecule has 0 spiro atoms. The van der Waals surface area contributed by atoms with Crippen molar-refractivity contribution in [3.8, 4) is 0 Å². The van der Waals surface area contributed by atoms with Crippen LogP contribution in [0.1, 0.15) is 32.6 Å². The summed E-state index contributed by atoms with van der Waals surface area (Å²) < 4.78 is 0. The molecule has 1 aliphatic rings. The summed E-state index contributed by atoms with van der Waals surface area (Å²) >= 11 is 0. The Morgan fingerprint density at radius 2 is 2.00 bits per heavy atom. The van der Waals surface area contributed by atoms with Crippen LogP contribution in [-0.2, 0) is 4.79 Å². The maximum absolute atomic E-state index is 11.6. The number of carboxylic acid groups (broad SMARTS) is 1. The van der Waals surface area contributed by atoms with Crippen LogP contribution in [0.15, 0.2) is 0 Å². The minimum absolute atomic E-state index is 0.258. The van der Waals surface area contributed by atoms with Gasteiger partial charge in [-0.3, -0.25) is 4.79 Å². The lowest BCUT2D eigenvalue weighted by Crippen LogP contribution is -2.46. The Balaban J connectivity index is 2.42. The lowest BCUT2D eigenvalue weighted by molar-refractivity contribution is -0.135. The number of hydrogen-bond acceptors (Lipinski definition) is 2. The van der Waals surface area contributed by atoms with Crippen LogP contribution in [0.2, 0.25) is 0 Å². The molecule has 0 bridgehead atoms. The van der Waals surface area contributed by atoms with Gasteiger partial charge >= 0.3 is 12.0 Å². The fourth-order valence-electron chi connectivity index (χ4n) is 2.04. The highest BCUT2D eigenvalue weighted by molar-refractivity contribution is 5.80. The van der Waals surface area contributed by atoms with Gasteiger partial charge in [0, 0.05) is 12.6 Å². The van der Waals surface area contributed by atoms with E-state index >= 15 is 0 Å². The van der Waals surface area contributed by atoms with Crippen molar-refractivity contribution in [2.24, 2.45) is 0 Å². The molecule has 0 aliphatic heterocycles. The number of carbonyl (C=O) groups excluding carboxylic acids is 1. The Morgan fingerprint density at radius 3 is 2.47 bits per heavy atom. The number of nitrogens with zero attached hydrogens (tertiary/aromatic N) is 1. The normalized spacial score (nSPS) is 16.3. The van der Waals surface area contributed by atoms with Gasteiger partial charge in [0.15, 0.2) is 0 Å². The highest BCUT2D eigenvalue weighted by Gasteiger charge is 2.25. The average Bonchev–Trinajstić information content (AvgIpc) is 2.69. The third-order valence-corrected chi connectivity index (χ3v) is 2.76. The zero-order valence-corrected chi connectivity index (χ0v) is 9.03. The van der Waals surface area contributed by atoms with Crippen molar-refractivity contribution in [1.29, 1.82) is 0 Å². The molecule has 0 aromatic carbocycles. The van der Waals surface area contributed by atoms with Crippen molar-refractivity contribution in [2.75, 3.05) is 13.1 Å². The second kappa shape index (κ2) is 5.58. The summed E-state index contributed by atoms with van der Waals surface area (Å²) in [6.45, 7) is 2.25. The van der Waals surface area contributed by atoms with Crippen molar-refractivity contribution in [1.82, 2.24) is 10.2 Å². The van der Waals surface area contributed by atoms with Crippen LogP contribution in [0.3, 0.4) is 0 Å². The van der Waals surface area contributed by atoms with Gasteiger partial charge in [-0.2, -0.15) is 0 Å². The molecule has 1 saturated carbocycles. The van der Waals surface area contributed by atoms with Crippen LogP contribution < -0.4 is 5.32 Å². The number of aliphatic carboxylic acids is 1. The summed E-state index contributed by atoms with van der Waals surface area (Å²) in [5, 5.41) is 10.8. The van der Waals surface area contributed by atoms with Crippen molar-refractivity contribution in [2.45, 2.75) is 38.6 Å². The lowest BCUT2D eigenvalue weighted by atomic mass is 10.2. The molecule has 0 aromatic heterocycles. The summed E-state index contributed by atoms with van der Waals surface area (Å²) in [6.07, 6.45) is 4.39. The Morgan fingerprint density at radius 1 is 1.40 bits per heavy atom. The largest absolute Gasteiger partial charge is 0.480 e. The molecular formula is C10H18N2O3. The number of nitrogens with one attached hydrogen (secondary N) is 1. The van der Waals surface area contributed by atoms with E-state index in [9.17, 15) is 9.59 Å². The second-order valence-corrected chi connectivity index (χ2v) is 3.78. The molecule has 1 rings (SSSR count). The Bertz CT molecular complexity index is 237. The van der Waals surface area contributed by atoms with Gasteiger partial charge in [-0.15, -0.1) is 0 Å². The van der Waals surface area contributed by atoms with Gasteiger partial charge in [-0.05, 0) is 19.8 Å². The molecule has 5 nitrogen and oxygen atoms in total. The Kier molecular flexibility index (Phi) is 4.39. The first kappa shape index (κ1) is 11.8. The number of carboxylic acids is 1. The predicted molar refractivity (Wildman–Crippen MR) is 55.7 cm³/mol. The van der Waals surface area contributed by atoms with E-state index in [1.165, 1.54) is 0 Å². The molecule has 0 radical (unpaired) electrons. The maximum Gasteiger partial charge on any atom is 0.323 e. The summed E-state index contributed by atoms with van der Waals surface area (Å²) in [5.41, 5.74) is 0.